The Hall–Kier alpha value is -2.84. The SMILES string of the molecule is CCC1(CCCN)CN(c2ccc(C3=C(c4ccccc4)CCCc4ccccc43)cc2)C1. The molecule has 170 valence electrons. The van der Waals surface area contributed by atoms with Gasteiger partial charge in [-0.25, -0.2) is 0 Å². The molecule has 0 radical (unpaired) electrons. The minimum atomic E-state index is 0.460. The first-order valence-corrected chi connectivity index (χ1v) is 12.7. The Bertz CT molecular complexity index is 1110. The molecule has 0 amide bonds. The molecule has 33 heavy (non-hydrogen) atoms. The minimum Gasteiger partial charge on any atom is -0.370 e. The third kappa shape index (κ3) is 4.37. The molecular formula is C31H36N2. The van der Waals surface area contributed by atoms with Crippen LogP contribution in [0.2, 0.25) is 0 Å². The zero-order valence-corrected chi connectivity index (χ0v) is 19.9. The summed E-state index contributed by atoms with van der Waals surface area (Å²) in [6.07, 6.45) is 7.07. The number of anilines is 1. The Labute approximate surface area is 199 Å². The Morgan fingerprint density at radius 1 is 0.818 bits per heavy atom. The van der Waals surface area contributed by atoms with Gasteiger partial charge in [0.25, 0.3) is 0 Å². The Morgan fingerprint density at radius 3 is 2.27 bits per heavy atom. The quantitative estimate of drug-likeness (QED) is 0.435. The molecular weight excluding hydrogens is 400 g/mol. The summed E-state index contributed by atoms with van der Waals surface area (Å²) < 4.78 is 0. The summed E-state index contributed by atoms with van der Waals surface area (Å²) in [6, 6.07) is 29.3. The van der Waals surface area contributed by atoms with Gasteiger partial charge in [0.2, 0.25) is 0 Å². The van der Waals surface area contributed by atoms with Gasteiger partial charge in [-0.2, -0.15) is 0 Å². The second-order valence-electron chi connectivity index (χ2n) is 9.88. The summed E-state index contributed by atoms with van der Waals surface area (Å²) in [4.78, 5) is 2.54. The zero-order chi connectivity index (χ0) is 22.7. The van der Waals surface area contributed by atoms with Crippen LogP contribution in [0.25, 0.3) is 11.1 Å². The lowest BCUT2D eigenvalue weighted by Gasteiger charge is -2.51. The summed E-state index contributed by atoms with van der Waals surface area (Å²) in [6.45, 7) is 5.45. The largest absolute Gasteiger partial charge is 0.370 e. The van der Waals surface area contributed by atoms with Gasteiger partial charge in [0.15, 0.2) is 0 Å². The first-order chi connectivity index (χ1) is 16.2. The van der Waals surface area contributed by atoms with Crippen molar-refractivity contribution in [2.45, 2.75) is 45.4 Å². The summed E-state index contributed by atoms with van der Waals surface area (Å²) in [5.74, 6) is 0. The van der Waals surface area contributed by atoms with E-state index < -0.39 is 0 Å². The maximum Gasteiger partial charge on any atom is 0.0367 e. The standard InChI is InChI=1S/C31H36N2/c1-2-31(20-9-21-32)22-33(23-31)27-18-16-26(17-19-27)30-28-14-7-6-12-25(28)13-8-15-29(30)24-10-4-3-5-11-24/h3-7,10-12,14,16-19H,2,8-9,13,15,20-23,32H2,1H3. The molecule has 1 aliphatic carbocycles. The first kappa shape index (κ1) is 22.0. The number of nitrogens with zero attached hydrogens (tertiary/aromatic N) is 1. The average Bonchev–Trinajstić information content (AvgIpc) is 3.04. The summed E-state index contributed by atoms with van der Waals surface area (Å²) in [5.41, 5.74) is 16.0. The van der Waals surface area contributed by atoms with E-state index in [4.69, 9.17) is 5.73 Å². The molecule has 1 heterocycles. The Kier molecular flexibility index (Phi) is 6.37. The highest BCUT2D eigenvalue weighted by molar-refractivity contribution is 6.00. The smallest absolute Gasteiger partial charge is 0.0367 e. The van der Waals surface area contributed by atoms with Crippen molar-refractivity contribution >= 4 is 16.8 Å². The van der Waals surface area contributed by atoms with E-state index in [0.717, 1.165) is 38.9 Å². The Balaban J connectivity index is 1.48. The van der Waals surface area contributed by atoms with Crippen LogP contribution < -0.4 is 10.6 Å². The third-order valence-corrected chi connectivity index (χ3v) is 7.82. The van der Waals surface area contributed by atoms with Crippen LogP contribution in [0.4, 0.5) is 5.69 Å². The number of allylic oxidation sites excluding steroid dienone is 1. The number of benzene rings is 3. The highest BCUT2D eigenvalue weighted by Gasteiger charge is 2.40. The molecule has 2 N–H and O–H groups in total. The molecule has 0 aromatic heterocycles. The maximum atomic E-state index is 5.78. The molecule has 0 atom stereocenters. The van der Waals surface area contributed by atoms with Crippen molar-refractivity contribution in [2.24, 2.45) is 11.1 Å². The molecule has 3 aromatic carbocycles. The summed E-state index contributed by atoms with van der Waals surface area (Å²) >= 11 is 0. The van der Waals surface area contributed by atoms with Crippen molar-refractivity contribution in [1.82, 2.24) is 0 Å². The van der Waals surface area contributed by atoms with Gasteiger partial charge < -0.3 is 10.6 Å². The number of hydrogen-bond acceptors (Lipinski definition) is 2. The molecule has 2 aliphatic rings. The van der Waals surface area contributed by atoms with Gasteiger partial charge in [0, 0.05) is 24.2 Å². The molecule has 0 saturated carbocycles. The third-order valence-electron chi connectivity index (χ3n) is 7.82. The number of rotatable bonds is 7. The fourth-order valence-corrected chi connectivity index (χ4v) is 5.80. The molecule has 2 heteroatoms. The van der Waals surface area contributed by atoms with Crippen LogP contribution in [0.5, 0.6) is 0 Å². The van der Waals surface area contributed by atoms with Gasteiger partial charge >= 0.3 is 0 Å². The molecule has 2 nitrogen and oxygen atoms in total. The van der Waals surface area contributed by atoms with Crippen molar-refractivity contribution in [3.8, 4) is 0 Å². The van der Waals surface area contributed by atoms with E-state index in [-0.39, 0.29) is 0 Å². The number of nitrogens with two attached hydrogens (primary N) is 1. The van der Waals surface area contributed by atoms with E-state index in [1.54, 1.807) is 0 Å². The van der Waals surface area contributed by atoms with Gasteiger partial charge in [0.1, 0.15) is 0 Å². The van der Waals surface area contributed by atoms with E-state index in [1.165, 1.54) is 58.3 Å². The van der Waals surface area contributed by atoms with Crippen molar-refractivity contribution in [1.29, 1.82) is 0 Å². The second kappa shape index (κ2) is 9.57. The summed E-state index contributed by atoms with van der Waals surface area (Å²) in [7, 11) is 0. The zero-order valence-electron chi connectivity index (χ0n) is 19.9. The van der Waals surface area contributed by atoms with Crippen molar-refractivity contribution in [3.63, 3.8) is 0 Å². The lowest BCUT2D eigenvalue weighted by molar-refractivity contribution is 0.182. The van der Waals surface area contributed by atoms with Gasteiger partial charge in [-0.1, -0.05) is 73.7 Å². The second-order valence-corrected chi connectivity index (χ2v) is 9.88. The van der Waals surface area contributed by atoms with Gasteiger partial charge in [-0.15, -0.1) is 0 Å². The number of hydrogen-bond donors (Lipinski definition) is 1. The lowest BCUT2D eigenvalue weighted by Crippen LogP contribution is -2.56. The fourth-order valence-electron chi connectivity index (χ4n) is 5.80. The predicted molar refractivity (Wildman–Crippen MR) is 141 cm³/mol. The molecule has 3 aromatic rings. The highest BCUT2D eigenvalue weighted by atomic mass is 15.2. The molecule has 1 fully saturated rings. The molecule has 0 spiro atoms. The van der Waals surface area contributed by atoms with Crippen LogP contribution in [0, 0.1) is 5.41 Å². The van der Waals surface area contributed by atoms with E-state index in [2.05, 4.69) is 90.7 Å². The fraction of sp³-hybridized carbons (Fsp3) is 0.355. The van der Waals surface area contributed by atoms with Crippen molar-refractivity contribution in [2.75, 3.05) is 24.5 Å². The maximum absolute atomic E-state index is 5.78. The van der Waals surface area contributed by atoms with Crippen LogP contribution in [0.3, 0.4) is 0 Å². The summed E-state index contributed by atoms with van der Waals surface area (Å²) in [5, 5.41) is 0. The normalized spacial score (nSPS) is 17.3. The topological polar surface area (TPSA) is 29.3 Å². The van der Waals surface area contributed by atoms with Gasteiger partial charge in [-0.3, -0.25) is 0 Å². The number of fused-ring (bicyclic) bond motifs is 1. The molecule has 1 aliphatic heterocycles. The first-order valence-electron chi connectivity index (χ1n) is 12.7. The molecule has 0 bridgehead atoms. The number of aryl methyl sites for hydroxylation is 1. The van der Waals surface area contributed by atoms with Crippen molar-refractivity contribution < 1.29 is 0 Å². The van der Waals surface area contributed by atoms with Crippen LogP contribution in [0.1, 0.15) is 61.3 Å². The van der Waals surface area contributed by atoms with E-state index in [1.807, 2.05) is 0 Å². The van der Waals surface area contributed by atoms with Crippen LogP contribution in [-0.2, 0) is 6.42 Å². The average molecular weight is 437 g/mol. The van der Waals surface area contributed by atoms with E-state index >= 15 is 0 Å². The van der Waals surface area contributed by atoms with Gasteiger partial charge in [0.05, 0.1) is 0 Å². The van der Waals surface area contributed by atoms with Crippen LogP contribution >= 0.6 is 0 Å². The molecule has 5 rings (SSSR count). The molecule has 1 saturated heterocycles. The molecule has 0 unspecified atom stereocenters. The van der Waals surface area contributed by atoms with Crippen molar-refractivity contribution in [3.05, 3.63) is 101 Å². The predicted octanol–water partition coefficient (Wildman–Crippen LogP) is 6.94. The lowest BCUT2D eigenvalue weighted by atomic mass is 9.73. The highest BCUT2D eigenvalue weighted by Crippen LogP contribution is 2.43. The minimum absolute atomic E-state index is 0.460. The van der Waals surface area contributed by atoms with E-state index in [9.17, 15) is 0 Å². The Morgan fingerprint density at radius 2 is 1.55 bits per heavy atom. The van der Waals surface area contributed by atoms with Crippen LogP contribution in [0.15, 0.2) is 78.9 Å². The van der Waals surface area contributed by atoms with E-state index in [0.29, 0.717) is 5.41 Å². The van der Waals surface area contributed by atoms with Gasteiger partial charge in [-0.05, 0) is 90.6 Å². The monoisotopic (exact) mass is 436 g/mol. The van der Waals surface area contributed by atoms with Crippen LogP contribution in [-0.4, -0.2) is 19.6 Å².